The van der Waals surface area contributed by atoms with Gasteiger partial charge in [0.1, 0.15) is 6.10 Å². The van der Waals surface area contributed by atoms with Crippen LogP contribution in [0, 0.1) is 0 Å². The van der Waals surface area contributed by atoms with E-state index in [4.69, 9.17) is 15.2 Å². The van der Waals surface area contributed by atoms with Crippen molar-refractivity contribution < 1.29 is 9.47 Å². The highest BCUT2D eigenvalue weighted by molar-refractivity contribution is 5.40. The second-order valence-corrected chi connectivity index (χ2v) is 4.51. The fourth-order valence-electron chi connectivity index (χ4n) is 1.68. The third-order valence-corrected chi connectivity index (χ3v) is 2.59. The van der Waals surface area contributed by atoms with E-state index in [-0.39, 0.29) is 11.6 Å². The lowest BCUT2D eigenvalue weighted by atomic mass is 9.96. The van der Waals surface area contributed by atoms with E-state index in [9.17, 15) is 0 Å². The Bertz CT molecular complexity index is 344. The van der Waals surface area contributed by atoms with Crippen molar-refractivity contribution in [3.05, 3.63) is 24.3 Å². The monoisotopic (exact) mass is 207 g/mol. The largest absolute Gasteiger partial charge is 0.490 e. The zero-order valence-corrected chi connectivity index (χ0v) is 9.19. The molecule has 2 N–H and O–H groups in total. The third kappa shape index (κ3) is 2.23. The molecule has 1 aliphatic heterocycles. The molecular formula is C12H17NO2. The summed E-state index contributed by atoms with van der Waals surface area (Å²) in [5.41, 5.74) is 5.71. The van der Waals surface area contributed by atoms with Crippen molar-refractivity contribution >= 4 is 0 Å². The number of hydrogen-bond acceptors (Lipinski definition) is 3. The summed E-state index contributed by atoms with van der Waals surface area (Å²) in [6.45, 7) is 4.61. The molecule has 0 aliphatic carbocycles. The van der Waals surface area contributed by atoms with Crippen molar-refractivity contribution in [3.63, 3.8) is 0 Å². The smallest absolute Gasteiger partial charge is 0.161 e. The molecule has 1 heterocycles. The predicted octanol–water partition coefficient (Wildman–Crippen LogP) is 1.95. The highest BCUT2D eigenvalue weighted by atomic mass is 16.5. The van der Waals surface area contributed by atoms with E-state index in [2.05, 4.69) is 0 Å². The first-order chi connectivity index (χ1) is 7.07. The molecule has 1 aliphatic rings. The number of para-hydroxylation sites is 2. The molecule has 1 aromatic carbocycles. The van der Waals surface area contributed by atoms with Gasteiger partial charge >= 0.3 is 0 Å². The van der Waals surface area contributed by atoms with E-state index < -0.39 is 0 Å². The molecule has 0 spiro atoms. The summed E-state index contributed by atoms with van der Waals surface area (Å²) in [5, 5.41) is 0. The Balaban J connectivity index is 2.25. The van der Waals surface area contributed by atoms with E-state index in [1.807, 2.05) is 38.1 Å². The van der Waals surface area contributed by atoms with Gasteiger partial charge < -0.3 is 15.2 Å². The molecule has 2 rings (SSSR count). The van der Waals surface area contributed by atoms with Gasteiger partial charge in [-0.15, -0.1) is 0 Å². The number of fused-ring (bicyclic) bond motifs is 1. The van der Waals surface area contributed by atoms with Gasteiger partial charge in [0.05, 0.1) is 6.61 Å². The van der Waals surface area contributed by atoms with Crippen LogP contribution in [0.4, 0.5) is 0 Å². The van der Waals surface area contributed by atoms with Crippen molar-refractivity contribution in [2.45, 2.75) is 31.9 Å². The Morgan fingerprint density at radius 2 is 1.93 bits per heavy atom. The van der Waals surface area contributed by atoms with Gasteiger partial charge in [-0.2, -0.15) is 0 Å². The Labute approximate surface area is 90.2 Å². The Morgan fingerprint density at radius 3 is 2.60 bits per heavy atom. The summed E-state index contributed by atoms with van der Waals surface area (Å²) >= 11 is 0. The number of rotatable bonds is 1. The summed E-state index contributed by atoms with van der Waals surface area (Å²) in [6.07, 6.45) is 0.819. The molecule has 0 fully saturated rings. The molecule has 0 aromatic heterocycles. The van der Waals surface area contributed by atoms with Crippen molar-refractivity contribution in [2.75, 3.05) is 6.61 Å². The van der Waals surface area contributed by atoms with E-state index in [1.165, 1.54) is 0 Å². The average Bonchev–Trinajstić information content (AvgIpc) is 2.38. The second-order valence-electron chi connectivity index (χ2n) is 4.51. The predicted molar refractivity (Wildman–Crippen MR) is 59.2 cm³/mol. The molecule has 0 bridgehead atoms. The van der Waals surface area contributed by atoms with Crippen LogP contribution in [0.1, 0.15) is 20.3 Å². The van der Waals surface area contributed by atoms with Crippen LogP contribution in [0.15, 0.2) is 24.3 Å². The molecule has 1 atom stereocenters. The van der Waals surface area contributed by atoms with Gasteiger partial charge in [-0.1, -0.05) is 12.1 Å². The van der Waals surface area contributed by atoms with Crippen LogP contribution < -0.4 is 15.2 Å². The molecule has 0 radical (unpaired) electrons. The molecule has 1 aromatic rings. The van der Waals surface area contributed by atoms with Crippen LogP contribution in [0.5, 0.6) is 11.5 Å². The summed E-state index contributed by atoms with van der Waals surface area (Å²) in [4.78, 5) is 0. The number of hydrogen-bond donors (Lipinski definition) is 1. The lowest BCUT2D eigenvalue weighted by molar-refractivity contribution is 0.121. The first-order valence-corrected chi connectivity index (χ1v) is 5.25. The minimum Gasteiger partial charge on any atom is -0.490 e. The SMILES string of the molecule is CC(C)(N)C1CCOc2ccccc2O1. The molecule has 0 amide bonds. The Hall–Kier alpha value is -1.22. The van der Waals surface area contributed by atoms with Crippen molar-refractivity contribution in [2.24, 2.45) is 5.73 Å². The van der Waals surface area contributed by atoms with Crippen molar-refractivity contribution in [1.29, 1.82) is 0 Å². The van der Waals surface area contributed by atoms with E-state index in [0.717, 1.165) is 17.9 Å². The van der Waals surface area contributed by atoms with Gasteiger partial charge in [-0.05, 0) is 26.0 Å². The maximum atomic E-state index is 6.06. The average molecular weight is 207 g/mol. The van der Waals surface area contributed by atoms with Gasteiger partial charge in [0, 0.05) is 12.0 Å². The molecule has 82 valence electrons. The van der Waals surface area contributed by atoms with Crippen LogP contribution in [-0.4, -0.2) is 18.2 Å². The number of benzene rings is 1. The molecule has 3 nitrogen and oxygen atoms in total. The van der Waals surface area contributed by atoms with Crippen LogP contribution in [0.3, 0.4) is 0 Å². The molecule has 3 heteroatoms. The topological polar surface area (TPSA) is 44.5 Å². The standard InChI is InChI=1S/C12H17NO2/c1-12(2,13)11-7-8-14-9-5-3-4-6-10(9)15-11/h3-6,11H,7-8,13H2,1-2H3. The highest BCUT2D eigenvalue weighted by Crippen LogP contribution is 2.32. The Morgan fingerprint density at radius 1 is 1.27 bits per heavy atom. The second kappa shape index (κ2) is 3.74. The summed E-state index contributed by atoms with van der Waals surface area (Å²) in [5.74, 6) is 1.60. The van der Waals surface area contributed by atoms with Gasteiger partial charge in [-0.3, -0.25) is 0 Å². The number of nitrogens with two attached hydrogens (primary N) is 1. The van der Waals surface area contributed by atoms with E-state index >= 15 is 0 Å². The van der Waals surface area contributed by atoms with Gasteiger partial charge in [0.15, 0.2) is 11.5 Å². The zero-order valence-electron chi connectivity index (χ0n) is 9.19. The first kappa shape index (κ1) is 10.3. The number of ether oxygens (including phenoxy) is 2. The maximum absolute atomic E-state index is 6.06. The molecule has 15 heavy (non-hydrogen) atoms. The minimum absolute atomic E-state index is 0.00106. The summed E-state index contributed by atoms with van der Waals surface area (Å²) < 4.78 is 11.5. The fourth-order valence-corrected chi connectivity index (χ4v) is 1.68. The molecule has 0 saturated carbocycles. The van der Waals surface area contributed by atoms with Crippen LogP contribution in [0.2, 0.25) is 0 Å². The minimum atomic E-state index is -0.346. The quantitative estimate of drug-likeness (QED) is 0.765. The normalized spacial score (nSPS) is 20.9. The Kier molecular flexibility index (Phi) is 2.57. The lowest BCUT2D eigenvalue weighted by Crippen LogP contribution is -2.48. The van der Waals surface area contributed by atoms with E-state index in [1.54, 1.807) is 0 Å². The van der Waals surface area contributed by atoms with Crippen LogP contribution in [-0.2, 0) is 0 Å². The lowest BCUT2D eigenvalue weighted by Gasteiger charge is -2.29. The third-order valence-electron chi connectivity index (χ3n) is 2.59. The van der Waals surface area contributed by atoms with Gasteiger partial charge in [0.25, 0.3) is 0 Å². The first-order valence-electron chi connectivity index (χ1n) is 5.25. The van der Waals surface area contributed by atoms with Crippen molar-refractivity contribution in [1.82, 2.24) is 0 Å². The molecular weight excluding hydrogens is 190 g/mol. The van der Waals surface area contributed by atoms with Crippen LogP contribution >= 0.6 is 0 Å². The zero-order chi connectivity index (χ0) is 10.9. The molecule has 1 unspecified atom stereocenters. The maximum Gasteiger partial charge on any atom is 0.161 e. The van der Waals surface area contributed by atoms with Gasteiger partial charge in [0.2, 0.25) is 0 Å². The summed E-state index contributed by atoms with van der Waals surface area (Å²) in [7, 11) is 0. The fraction of sp³-hybridized carbons (Fsp3) is 0.500. The molecule has 0 saturated heterocycles. The highest BCUT2D eigenvalue weighted by Gasteiger charge is 2.29. The van der Waals surface area contributed by atoms with Gasteiger partial charge in [-0.25, -0.2) is 0 Å². The van der Waals surface area contributed by atoms with E-state index in [0.29, 0.717) is 6.61 Å². The summed E-state index contributed by atoms with van der Waals surface area (Å²) in [6, 6.07) is 7.71. The van der Waals surface area contributed by atoms with Crippen molar-refractivity contribution in [3.8, 4) is 11.5 Å². The van der Waals surface area contributed by atoms with Crippen LogP contribution in [0.25, 0.3) is 0 Å².